The summed E-state index contributed by atoms with van der Waals surface area (Å²) in [6, 6.07) is 6.36. The van der Waals surface area contributed by atoms with Crippen molar-refractivity contribution in [2.75, 3.05) is 42.2 Å². The third-order valence-corrected chi connectivity index (χ3v) is 9.84. The second-order valence-electron chi connectivity index (χ2n) is 12.7. The first-order valence-corrected chi connectivity index (χ1v) is 17.3. The van der Waals surface area contributed by atoms with E-state index in [-0.39, 0.29) is 33.9 Å². The maximum Gasteiger partial charge on any atom is 0.323 e. The summed E-state index contributed by atoms with van der Waals surface area (Å²) in [4.78, 5) is 56.4. The zero-order valence-electron chi connectivity index (χ0n) is 27.8. The summed E-state index contributed by atoms with van der Waals surface area (Å²) in [5, 5.41) is 21.2. The molecule has 3 N–H and O–H groups in total. The number of amides is 4. The molecule has 5 aromatic rings. The van der Waals surface area contributed by atoms with Crippen LogP contribution in [0.5, 0.6) is 0 Å². The summed E-state index contributed by atoms with van der Waals surface area (Å²) in [6.45, 7) is 4.49. The highest BCUT2D eigenvalue weighted by atomic mass is 35.5. The van der Waals surface area contributed by atoms with E-state index in [1.54, 1.807) is 29.0 Å². The standard InChI is InChI=1S/C33H35Cl2N13O3/c1-19(45(2)18-20-6-11-46(12-7-20)27-13-21(5-8-36-27)23-3-4-29(49)43-32(23)50)30-25(17-37-28-15-26(35)44-47(28)30)42-33(51)41-22-14-24(34)31(38-16-22)48-39-9-10-40-48/h5,8-10,13-17,19-20,23H,3-4,6-7,11-12,18H2,1-2H3,(H2,41,42,51)(H,43,49,50)/t19-,23?/m1/s1. The van der Waals surface area contributed by atoms with E-state index in [0.717, 1.165) is 43.9 Å². The number of hydrogen-bond donors (Lipinski definition) is 3. The number of nitrogens with one attached hydrogen (secondary N) is 3. The molecule has 16 nitrogen and oxygen atoms in total. The van der Waals surface area contributed by atoms with Gasteiger partial charge in [-0.2, -0.15) is 15.3 Å². The molecule has 0 bridgehead atoms. The Labute approximate surface area is 302 Å². The van der Waals surface area contributed by atoms with Crippen LogP contribution in [0.3, 0.4) is 0 Å². The highest BCUT2D eigenvalue weighted by Gasteiger charge is 2.30. The maximum absolute atomic E-state index is 13.2. The van der Waals surface area contributed by atoms with E-state index in [1.165, 1.54) is 23.4 Å². The Bertz CT molecular complexity index is 2080. The first kappa shape index (κ1) is 34.3. The van der Waals surface area contributed by atoms with Crippen molar-refractivity contribution < 1.29 is 14.4 Å². The lowest BCUT2D eigenvalue weighted by atomic mass is 9.91. The Morgan fingerprint density at radius 2 is 1.80 bits per heavy atom. The minimum Gasteiger partial charge on any atom is -0.357 e. The summed E-state index contributed by atoms with van der Waals surface area (Å²) in [6.07, 6.45) is 10.6. The Balaban J connectivity index is 1.01. The minimum absolute atomic E-state index is 0.191. The molecular formula is C33H35Cl2N13O3. The number of pyridine rings is 2. The molecule has 0 spiro atoms. The molecule has 2 aliphatic rings. The summed E-state index contributed by atoms with van der Waals surface area (Å²) < 4.78 is 1.66. The maximum atomic E-state index is 13.2. The molecule has 0 saturated carbocycles. The van der Waals surface area contributed by atoms with Crippen LogP contribution in [0, 0.1) is 5.92 Å². The summed E-state index contributed by atoms with van der Waals surface area (Å²) in [5.41, 5.74) is 2.99. The zero-order valence-corrected chi connectivity index (χ0v) is 29.3. The van der Waals surface area contributed by atoms with Gasteiger partial charge in [0.2, 0.25) is 11.8 Å². The number of carbonyl (C=O) groups is 3. The highest BCUT2D eigenvalue weighted by molar-refractivity contribution is 6.32. The van der Waals surface area contributed by atoms with Gasteiger partial charge >= 0.3 is 6.03 Å². The molecule has 0 radical (unpaired) electrons. The molecule has 0 aliphatic carbocycles. The van der Waals surface area contributed by atoms with Gasteiger partial charge in [-0.25, -0.2) is 24.3 Å². The molecule has 264 valence electrons. The fourth-order valence-electron chi connectivity index (χ4n) is 6.63. The van der Waals surface area contributed by atoms with E-state index in [0.29, 0.717) is 47.3 Å². The highest BCUT2D eigenvalue weighted by Crippen LogP contribution is 2.32. The molecule has 4 amide bonds. The number of aromatic nitrogens is 8. The van der Waals surface area contributed by atoms with Gasteiger partial charge < -0.3 is 15.5 Å². The number of rotatable bonds is 9. The van der Waals surface area contributed by atoms with Crippen molar-refractivity contribution in [3.8, 4) is 5.82 Å². The molecule has 2 atom stereocenters. The van der Waals surface area contributed by atoms with Crippen molar-refractivity contribution in [2.24, 2.45) is 5.92 Å². The quantitative estimate of drug-likeness (QED) is 0.182. The van der Waals surface area contributed by atoms with Crippen LogP contribution in [-0.4, -0.2) is 89.0 Å². The van der Waals surface area contributed by atoms with Crippen LogP contribution in [0.1, 0.15) is 55.8 Å². The number of piperidine rings is 2. The van der Waals surface area contributed by atoms with Gasteiger partial charge in [0.05, 0.1) is 58.8 Å². The molecule has 2 aliphatic heterocycles. The molecule has 2 fully saturated rings. The molecular weight excluding hydrogens is 697 g/mol. The Morgan fingerprint density at radius 1 is 1.02 bits per heavy atom. The molecule has 51 heavy (non-hydrogen) atoms. The normalized spacial score (nSPS) is 17.5. The minimum atomic E-state index is -0.518. The molecule has 0 aromatic carbocycles. The molecule has 5 aromatic heterocycles. The van der Waals surface area contributed by atoms with Crippen molar-refractivity contribution in [1.82, 2.24) is 49.8 Å². The number of nitrogens with zero attached hydrogens (tertiary/aromatic N) is 10. The lowest BCUT2D eigenvalue weighted by Crippen LogP contribution is -2.40. The summed E-state index contributed by atoms with van der Waals surface area (Å²) in [7, 11) is 2.05. The van der Waals surface area contributed by atoms with Gasteiger partial charge in [0.25, 0.3) is 0 Å². The van der Waals surface area contributed by atoms with Crippen molar-refractivity contribution in [1.29, 1.82) is 0 Å². The average Bonchev–Trinajstić information content (AvgIpc) is 3.78. The smallest absolute Gasteiger partial charge is 0.323 e. The second-order valence-corrected chi connectivity index (χ2v) is 13.5. The third-order valence-electron chi connectivity index (χ3n) is 9.38. The van der Waals surface area contributed by atoms with Gasteiger partial charge in [0, 0.05) is 38.3 Å². The zero-order chi connectivity index (χ0) is 35.6. The number of urea groups is 1. The Kier molecular flexibility index (Phi) is 9.79. The molecule has 18 heteroatoms. The Hall–Kier alpha value is -5.19. The van der Waals surface area contributed by atoms with Gasteiger partial charge in [-0.3, -0.25) is 19.8 Å². The van der Waals surface area contributed by atoms with Crippen LogP contribution in [0.25, 0.3) is 11.5 Å². The first-order chi connectivity index (χ1) is 24.6. The van der Waals surface area contributed by atoms with Gasteiger partial charge in [-0.05, 0) is 62.9 Å². The van der Waals surface area contributed by atoms with Crippen molar-refractivity contribution in [3.63, 3.8) is 0 Å². The largest absolute Gasteiger partial charge is 0.357 e. The van der Waals surface area contributed by atoms with E-state index in [2.05, 4.69) is 62.9 Å². The fraction of sp³-hybridized carbons (Fsp3) is 0.364. The number of halogens is 2. The number of carbonyl (C=O) groups excluding carboxylic acids is 3. The lowest BCUT2D eigenvalue weighted by Gasteiger charge is -2.36. The van der Waals surface area contributed by atoms with Crippen molar-refractivity contribution >= 4 is 63.9 Å². The number of hydrogen-bond acceptors (Lipinski definition) is 11. The van der Waals surface area contributed by atoms with E-state index < -0.39 is 6.03 Å². The summed E-state index contributed by atoms with van der Waals surface area (Å²) >= 11 is 12.7. The predicted octanol–water partition coefficient (Wildman–Crippen LogP) is 4.48. The fourth-order valence-corrected chi connectivity index (χ4v) is 7.05. The van der Waals surface area contributed by atoms with Crippen LogP contribution >= 0.6 is 23.2 Å². The van der Waals surface area contributed by atoms with Crippen molar-refractivity contribution in [3.05, 3.63) is 76.7 Å². The molecule has 7 rings (SSSR count). The van der Waals surface area contributed by atoms with Crippen LogP contribution in [0.2, 0.25) is 10.2 Å². The molecule has 1 unspecified atom stereocenters. The molecule has 2 saturated heterocycles. The lowest BCUT2D eigenvalue weighted by molar-refractivity contribution is -0.134. The van der Waals surface area contributed by atoms with E-state index in [4.69, 9.17) is 23.2 Å². The number of anilines is 3. The van der Waals surface area contributed by atoms with Crippen LogP contribution < -0.4 is 20.9 Å². The monoisotopic (exact) mass is 731 g/mol. The molecule has 7 heterocycles. The van der Waals surface area contributed by atoms with Crippen molar-refractivity contribution in [2.45, 2.75) is 44.6 Å². The van der Waals surface area contributed by atoms with Crippen LogP contribution in [0.15, 0.2) is 55.2 Å². The Morgan fingerprint density at radius 3 is 2.55 bits per heavy atom. The number of fused-ring (bicyclic) bond motifs is 1. The van der Waals surface area contributed by atoms with Gasteiger partial charge in [0.1, 0.15) is 5.82 Å². The topological polar surface area (TPSA) is 180 Å². The SMILES string of the molecule is C[C@H](c1c(NC(=O)Nc2cnc(-n3nccn3)c(Cl)c2)cnc2cc(Cl)nn12)N(C)CC1CCN(c2cc(C3CCC(=O)NC3=O)ccn2)CC1. The first-order valence-electron chi connectivity index (χ1n) is 16.5. The third kappa shape index (κ3) is 7.48. The average molecular weight is 733 g/mol. The van der Waals surface area contributed by atoms with E-state index >= 15 is 0 Å². The van der Waals surface area contributed by atoms with Gasteiger partial charge in [-0.1, -0.05) is 23.2 Å². The van der Waals surface area contributed by atoms with Gasteiger partial charge in [-0.15, -0.1) is 4.80 Å². The second kappa shape index (κ2) is 14.6. The number of imide groups is 1. The van der Waals surface area contributed by atoms with Gasteiger partial charge in [0.15, 0.2) is 16.6 Å². The van der Waals surface area contributed by atoms with E-state index in [9.17, 15) is 14.4 Å². The predicted molar refractivity (Wildman–Crippen MR) is 190 cm³/mol. The summed E-state index contributed by atoms with van der Waals surface area (Å²) in [5.74, 6) is 0.752. The van der Waals surface area contributed by atoms with E-state index in [1.807, 2.05) is 19.2 Å². The van der Waals surface area contributed by atoms with Crippen LogP contribution in [0.4, 0.5) is 22.0 Å². The van der Waals surface area contributed by atoms with Crippen LogP contribution in [-0.2, 0) is 9.59 Å².